The molecule has 2 aliphatic heterocycles. The van der Waals surface area contributed by atoms with Crippen LogP contribution in [0.15, 0.2) is 40.8 Å². The number of anilines is 2. The van der Waals surface area contributed by atoms with Crippen molar-refractivity contribution in [2.45, 2.75) is 45.2 Å². The Morgan fingerprint density at radius 3 is 2.57 bits per heavy atom. The molecule has 7 heteroatoms. The van der Waals surface area contributed by atoms with Gasteiger partial charge in [0.1, 0.15) is 0 Å². The summed E-state index contributed by atoms with van der Waals surface area (Å²) in [6.07, 6.45) is 5.51. The van der Waals surface area contributed by atoms with Crippen LogP contribution in [0, 0.1) is 17.8 Å². The molecule has 35 heavy (non-hydrogen) atoms. The van der Waals surface area contributed by atoms with E-state index in [-0.39, 0.29) is 0 Å². The number of piperidine rings is 1. The van der Waals surface area contributed by atoms with E-state index in [4.69, 9.17) is 39.2 Å². The lowest BCUT2D eigenvalue weighted by Crippen LogP contribution is -2.56. The maximum Gasteiger partial charge on any atom is 0.196 e. The molecule has 0 bridgehead atoms. The van der Waals surface area contributed by atoms with Crippen molar-refractivity contribution in [2.24, 2.45) is 17.8 Å². The van der Waals surface area contributed by atoms with Crippen LogP contribution in [0.25, 0.3) is 11.0 Å². The van der Waals surface area contributed by atoms with Crippen molar-refractivity contribution in [1.82, 2.24) is 4.90 Å². The number of likely N-dealkylation sites (tertiary alicyclic amines) is 1. The van der Waals surface area contributed by atoms with Crippen LogP contribution >= 0.6 is 34.8 Å². The molecule has 6 rings (SSSR count). The summed E-state index contributed by atoms with van der Waals surface area (Å²) in [4.78, 5) is 5.16. The molecule has 3 heterocycles. The average molecular weight is 533 g/mol. The van der Waals surface area contributed by atoms with Gasteiger partial charge in [0.2, 0.25) is 0 Å². The molecule has 0 spiro atoms. The smallest absolute Gasteiger partial charge is 0.196 e. The zero-order chi connectivity index (χ0) is 24.1. The molecule has 1 N–H and O–H groups in total. The van der Waals surface area contributed by atoms with Crippen molar-refractivity contribution in [2.75, 3.05) is 36.4 Å². The van der Waals surface area contributed by atoms with E-state index >= 15 is 0 Å². The van der Waals surface area contributed by atoms with Gasteiger partial charge in [-0.2, -0.15) is 0 Å². The second-order valence-corrected chi connectivity index (χ2v) is 12.1. The lowest BCUT2D eigenvalue weighted by molar-refractivity contribution is 0.0292. The first-order valence-electron chi connectivity index (χ1n) is 12.8. The van der Waals surface area contributed by atoms with Crippen LogP contribution in [0.3, 0.4) is 0 Å². The van der Waals surface area contributed by atoms with E-state index in [2.05, 4.69) is 28.1 Å². The van der Waals surface area contributed by atoms with Crippen molar-refractivity contribution in [3.63, 3.8) is 0 Å². The summed E-state index contributed by atoms with van der Waals surface area (Å²) in [6.45, 7) is 7.66. The van der Waals surface area contributed by atoms with Gasteiger partial charge in [-0.25, -0.2) is 0 Å². The molecule has 4 nitrogen and oxygen atoms in total. The zero-order valence-corrected chi connectivity index (χ0v) is 22.3. The Morgan fingerprint density at radius 2 is 1.80 bits per heavy atom. The topological polar surface area (TPSA) is 31.6 Å². The van der Waals surface area contributed by atoms with Gasteiger partial charge in [-0.05, 0) is 79.8 Å². The van der Waals surface area contributed by atoms with Gasteiger partial charge in [-0.3, -0.25) is 0 Å². The number of nitrogens with zero attached hydrogens (tertiary/aromatic N) is 2. The molecule has 1 atom stereocenters. The van der Waals surface area contributed by atoms with Gasteiger partial charge in [0, 0.05) is 53.7 Å². The van der Waals surface area contributed by atoms with Gasteiger partial charge < -0.3 is 19.5 Å². The fraction of sp³-hybridized carbons (Fsp3) is 0.500. The van der Waals surface area contributed by atoms with E-state index in [1.54, 1.807) is 6.07 Å². The third-order valence-corrected chi connectivity index (χ3v) is 9.24. The van der Waals surface area contributed by atoms with Crippen LogP contribution in [0.1, 0.15) is 38.2 Å². The van der Waals surface area contributed by atoms with Crippen molar-refractivity contribution >= 4 is 57.3 Å². The van der Waals surface area contributed by atoms with Crippen LogP contribution in [-0.2, 0) is 6.54 Å². The zero-order valence-electron chi connectivity index (χ0n) is 20.1. The molecule has 2 aromatic carbocycles. The first kappa shape index (κ1) is 23.8. The molecule has 2 saturated heterocycles. The number of nitrogens with one attached hydrogen (secondary N) is 1. The highest BCUT2D eigenvalue weighted by Gasteiger charge is 2.40. The van der Waals surface area contributed by atoms with Crippen LogP contribution in [-0.4, -0.2) is 37.1 Å². The van der Waals surface area contributed by atoms with E-state index in [1.165, 1.54) is 38.8 Å². The largest absolute Gasteiger partial charge is 0.438 e. The Balaban J connectivity index is 1.12. The molecule has 0 radical (unpaired) electrons. The summed E-state index contributed by atoms with van der Waals surface area (Å²) in [6, 6.07) is 12.5. The summed E-state index contributed by atoms with van der Waals surface area (Å²) in [7, 11) is 0. The second kappa shape index (κ2) is 9.70. The van der Waals surface area contributed by atoms with Gasteiger partial charge in [-0.1, -0.05) is 47.8 Å². The Bertz CT molecular complexity index is 1220. The normalized spacial score (nSPS) is 25.5. The highest BCUT2D eigenvalue weighted by molar-refractivity contribution is 6.35. The number of hydrogen-bond acceptors (Lipinski definition) is 4. The number of rotatable bonds is 6. The van der Waals surface area contributed by atoms with E-state index in [0.717, 1.165) is 65.0 Å². The molecule has 1 saturated carbocycles. The Morgan fingerprint density at radius 1 is 0.971 bits per heavy atom. The van der Waals surface area contributed by atoms with Gasteiger partial charge >= 0.3 is 0 Å². The van der Waals surface area contributed by atoms with Crippen molar-refractivity contribution < 1.29 is 4.42 Å². The molecular weight excluding hydrogens is 501 g/mol. The fourth-order valence-electron chi connectivity index (χ4n) is 6.14. The summed E-state index contributed by atoms with van der Waals surface area (Å²) >= 11 is 19.0. The van der Waals surface area contributed by atoms with Gasteiger partial charge in [0.05, 0.1) is 10.7 Å². The number of halogens is 3. The van der Waals surface area contributed by atoms with Gasteiger partial charge in [-0.15, -0.1) is 0 Å². The third-order valence-electron chi connectivity index (χ3n) is 8.34. The predicted octanol–water partition coefficient (Wildman–Crippen LogP) is 7.95. The summed E-state index contributed by atoms with van der Waals surface area (Å²) in [5.41, 5.74) is 2.56. The van der Waals surface area contributed by atoms with E-state index in [0.29, 0.717) is 21.6 Å². The quantitative estimate of drug-likeness (QED) is 0.349. The minimum absolute atomic E-state index is 0.536. The van der Waals surface area contributed by atoms with E-state index < -0.39 is 0 Å². The number of hydrogen-bond donors (Lipinski definition) is 1. The van der Waals surface area contributed by atoms with E-state index in [9.17, 15) is 0 Å². The van der Waals surface area contributed by atoms with Gasteiger partial charge in [0.25, 0.3) is 0 Å². The Labute approximate surface area is 222 Å². The third kappa shape index (κ3) is 4.75. The van der Waals surface area contributed by atoms with Crippen molar-refractivity contribution in [1.29, 1.82) is 0 Å². The highest BCUT2D eigenvalue weighted by atomic mass is 35.5. The molecule has 3 aliphatic rings. The molecule has 1 aliphatic carbocycles. The standard InChI is InChI=1S/C28H32Cl3N3O/c1-17-9-23(10-17)33-8-2-3-20(14-33)21-15-34(16-21)26-11-18-5-7-24(30)27(28(18)35-26)32-13-19-4-6-22(29)12-25(19)31/h4-7,11-12,17,20-21,23,32H,2-3,8-10,13-16H2,1H3. The maximum atomic E-state index is 6.57. The van der Waals surface area contributed by atoms with Crippen LogP contribution in [0.5, 0.6) is 0 Å². The van der Waals surface area contributed by atoms with Crippen molar-refractivity contribution in [3.05, 3.63) is 57.0 Å². The monoisotopic (exact) mass is 531 g/mol. The maximum absolute atomic E-state index is 6.57. The Hall–Kier alpha value is -1.59. The molecule has 3 aromatic rings. The number of furan rings is 1. The molecule has 1 aromatic heterocycles. The number of benzene rings is 2. The first-order valence-corrected chi connectivity index (χ1v) is 14.0. The lowest BCUT2D eigenvalue weighted by atomic mass is 9.76. The first-order chi connectivity index (χ1) is 16.9. The molecule has 1 unspecified atom stereocenters. The SMILES string of the molecule is CC1CC(N2CCCC(C3CN(c4cc5ccc(Cl)c(NCc6ccc(Cl)cc6Cl)c5o4)C3)C2)C1. The van der Waals surface area contributed by atoms with Gasteiger partial charge in [0.15, 0.2) is 11.5 Å². The minimum Gasteiger partial charge on any atom is -0.438 e. The number of fused-ring (bicyclic) bond motifs is 1. The minimum atomic E-state index is 0.536. The molecular formula is C28H32Cl3N3O. The van der Waals surface area contributed by atoms with Crippen LogP contribution in [0.4, 0.5) is 11.6 Å². The van der Waals surface area contributed by atoms with Crippen LogP contribution in [0.2, 0.25) is 15.1 Å². The fourth-order valence-corrected chi connectivity index (χ4v) is 6.83. The summed E-state index contributed by atoms with van der Waals surface area (Å²) in [5, 5.41) is 6.38. The van der Waals surface area contributed by atoms with E-state index in [1.807, 2.05) is 24.3 Å². The molecule has 186 valence electrons. The average Bonchev–Trinajstić information content (AvgIpc) is 3.20. The summed E-state index contributed by atoms with van der Waals surface area (Å²) < 4.78 is 6.37. The van der Waals surface area contributed by atoms with Crippen LogP contribution < -0.4 is 10.2 Å². The summed E-state index contributed by atoms with van der Waals surface area (Å²) in [5.74, 6) is 3.43. The van der Waals surface area contributed by atoms with Crippen molar-refractivity contribution in [3.8, 4) is 0 Å². The Kier molecular flexibility index (Phi) is 6.59. The predicted molar refractivity (Wildman–Crippen MR) is 147 cm³/mol. The molecule has 0 amide bonds. The lowest BCUT2D eigenvalue weighted by Gasteiger charge is -2.50. The highest BCUT2D eigenvalue weighted by Crippen LogP contribution is 2.41. The second-order valence-electron chi connectivity index (χ2n) is 10.8. The molecule has 3 fully saturated rings.